The summed E-state index contributed by atoms with van der Waals surface area (Å²) < 4.78 is 22.6. The van der Waals surface area contributed by atoms with E-state index in [1.807, 2.05) is 30.3 Å². The van der Waals surface area contributed by atoms with Gasteiger partial charge in [0.2, 0.25) is 5.91 Å². The zero-order valence-corrected chi connectivity index (χ0v) is 12.1. The van der Waals surface area contributed by atoms with E-state index in [9.17, 15) is 13.2 Å². The molecule has 0 aliphatic carbocycles. The maximum absolute atomic E-state index is 12.0. The third kappa shape index (κ3) is 4.31. The third-order valence-electron chi connectivity index (χ3n) is 3.54. The van der Waals surface area contributed by atoms with Gasteiger partial charge in [0.1, 0.15) is 9.84 Å². The van der Waals surface area contributed by atoms with Gasteiger partial charge in [0.15, 0.2) is 0 Å². The summed E-state index contributed by atoms with van der Waals surface area (Å²) in [6, 6.07) is 8.92. The molecule has 1 aliphatic heterocycles. The first kappa shape index (κ1) is 15.0. The Bertz CT molecular complexity index is 543. The van der Waals surface area contributed by atoms with Gasteiger partial charge >= 0.3 is 0 Å². The third-order valence-corrected chi connectivity index (χ3v) is 5.25. The first-order valence-corrected chi connectivity index (χ1v) is 8.59. The van der Waals surface area contributed by atoms with Crippen LogP contribution < -0.4 is 11.1 Å². The SMILES string of the molecule is N[C@@H](Cc1ccccc1)C(=O)NC1CCS(=O)(=O)CC1. The summed E-state index contributed by atoms with van der Waals surface area (Å²) in [6.45, 7) is 0. The van der Waals surface area contributed by atoms with E-state index in [1.54, 1.807) is 0 Å². The fourth-order valence-corrected chi connectivity index (χ4v) is 3.79. The Hall–Kier alpha value is -1.40. The van der Waals surface area contributed by atoms with Crippen LogP contribution in [-0.2, 0) is 21.1 Å². The van der Waals surface area contributed by atoms with Crippen molar-refractivity contribution < 1.29 is 13.2 Å². The minimum absolute atomic E-state index is 0.0761. The largest absolute Gasteiger partial charge is 0.352 e. The van der Waals surface area contributed by atoms with Gasteiger partial charge < -0.3 is 11.1 Å². The van der Waals surface area contributed by atoms with Crippen LogP contribution >= 0.6 is 0 Å². The summed E-state index contributed by atoms with van der Waals surface area (Å²) >= 11 is 0. The minimum Gasteiger partial charge on any atom is -0.352 e. The quantitative estimate of drug-likeness (QED) is 0.833. The number of hydrogen-bond acceptors (Lipinski definition) is 4. The molecule has 1 heterocycles. The van der Waals surface area contributed by atoms with Crippen molar-refractivity contribution in [3.8, 4) is 0 Å². The molecular formula is C14H20N2O3S. The van der Waals surface area contributed by atoms with Crippen molar-refractivity contribution >= 4 is 15.7 Å². The van der Waals surface area contributed by atoms with Crippen LogP contribution in [0.25, 0.3) is 0 Å². The number of hydrogen-bond donors (Lipinski definition) is 2. The lowest BCUT2D eigenvalue weighted by Crippen LogP contribution is -2.48. The molecule has 0 bridgehead atoms. The highest BCUT2D eigenvalue weighted by molar-refractivity contribution is 7.91. The highest BCUT2D eigenvalue weighted by atomic mass is 32.2. The highest BCUT2D eigenvalue weighted by Gasteiger charge is 2.26. The van der Waals surface area contributed by atoms with Gasteiger partial charge in [-0.1, -0.05) is 30.3 Å². The first-order chi connectivity index (χ1) is 9.46. The summed E-state index contributed by atoms with van der Waals surface area (Å²) in [5.41, 5.74) is 6.90. The Morgan fingerprint density at radius 2 is 1.85 bits per heavy atom. The molecule has 2 rings (SSSR count). The summed E-state index contributed by atoms with van der Waals surface area (Å²) in [5.74, 6) is 0.0794. The average molecular weight is 296 g/mol. The maximum Gasteiger partial charge on any atom is 0.237 e. The second kappa shape index (κ2) is 6.37. The molecule has 1 fully saturated rings. The van der Waals surface area contributed by atoms with E-state index < -0.39 is 15.9 Å². The van der Waals surface area contributed by atoms with Crippen LogP contribution in [0.15, 0.2) is 30.3 Å². The van der Waals surface area contributed by atoms with Gasteiger partial charge in [-0.05, 0) is 24.8 Å². The van der Waals surface area contributed by atoms with Crippen molar-refractivity contribution in [1.82, 2.24) is 5.32 Å². The van der Waals surface area contributed by atoms with E-state index in [0.29, 0.717) is 19.3 Å². The normalized spacial score (nSPS) is 20.2. The highest BCUT2D eigenvalue weighted by Crippen LogP contribution is 2.12. The molecule has 1 atom stereocenters. The van der Waals surface area contributed by atoms with Crippen LogP contribution in [0, 0.1) is 0 Å². The molecule has 3 N–H and O–H groups in total. The van der Waals surface area contributed by atoms with Crippen molar-refractivity contribution in [3.05, 3.63) is 35.9 Å². The van der Waals surface area contributed by atoms with Gasteiger partial charge in [0, 0.05) is 6.04 Å². The number of nitrogens with one attached hydrogen (secondary N) is 1. The second-order valence-corrected chi connectivity index (χ2v) is 7.53. The fraction of sp³-hybridized carbons (Fsp3) is 0.500. The Kier molecular flexibility index (Phi) is 4.77. The van der Waals surface area contributed by atoms with Gasteiger partial charge in [-0.25, -0.2) is 8.42 Å². The van der Waals surface area contributed by atoms with Crippen molar-refractivity contribution in [2.24, 2.45) is 5.73 Å². The number of benzene rings is 1. The van der Waals surface area contributed by atoms with E-state index in [0.717, 1.165) is 5.56 Å². The van der Waals surface area contributed by atoms with Crippen LogP contribution in [0.3, 0.4) is 0 Å². The van der Waals surface area contributed by atoms with E-state index in [4.69, 9.17) is 5.73 Å². The Balaban J connectivity index is 1.83. The fourth-order valence-electron chi connectivity index (χ4n) is 2.30. The van der Waals surface area contributed by atoms with E-state index in [1.165, 1.54) is 0 Å². The van der Waals surface area contributed by atoms with E-state index in [-0.39, 0.29) is 23.5 Å². The van der Waals surface area contributed by atoms with E-state index in [2.05, 4.69) is 5.32 Å². The number of sulfone groups is 1. The first-order valence-electron chi connectivity index (χ1n) is 6.76. The molecule has 20 heavy (non-hydrogen) atoms. The molecule has 0 unspecified atom stereocenters. The molecule has 1 aliphatic rings. The monoisotopic (exact) mass is 296 g/mol. The van der Waals surface area contributed by atoms with E-state index >= 15 is 0 Å². The van der Waals surface area contributed by atoms with Crippen LogP contribution in [0.5, 0.6) is 0 Å². The molecule has 0 spiro atoms. The number of amides is 1. The number of rotatable bonds is 4. The number of carbonyl (C=O) groups is 1. The molecule has 0 saturated carbocycles. The molecule has 0 radical (unpaired) electrons. The van der Waals surface area contributed by atoms with Crippen molar-refractivity contribution in [3.63, 3.8) is 0 Å². The molecule has 1 aromatic rings. The van der Waals surface area contributed by atoms with Crippen LogP contribution in [0.4, 0.5) is 0 Å². The standard InChI is InChI=1S/C14H20N2O3S/c15-13(10-11-4-2-1-3-5-11)14(17)16-12-6-8-20(18,19)9-7-12/h1-5,12-13H,6-10,15H2,(H,16,17)/t13-/m0/s1. The number of carbonyl (C=O) groups excluding carboxylic acids is 1. The van der Waals surface area contributed by atoms with Crippen molar-refractivity contribution in [2.45, 2.75) is 31.3 Å². The van der Waals surface area contributed by atoms with Crippen LogP contribution in [-0.4, -0.2) is 37.9 Å². The smallest absolute Gasteiger partial charge is 0.237 e. The average Bonchev–Trinajstić information content (AvgIpc) is 2.42. The van der Waals surface area contributed by atoms with Gasteiger partial charge in [-0.3, -0.25) is 4.79 Å². The van der Waals surface area contributed by atoms with Gasteiger partial charge in [-0.15, -0.1) is 0 Å². The zero-order chi connectivity index (χ0) is 14.6. The molecule has 0 aromatic heterocycles. The molecule has 1 aromatic carbocycles. The predicted molar refractivity (Wildman–Crippen MR) is 77.9 cm³/mol. The van der Waals surface area contributed by atoms with Gasteiger partial charge in [0.25, 0.3) is 0 Å². The van der Waals surface area contributed by atoms with Gasteiger partial charge in [-0.2, -0.15) is 0 Å². The van der Waals surface area contributed by atoms with Crippen LogP contribution in [0.2, 0.25) is 0 Å². The maximum atomic E-state index is 12.0. The minimum atomic E-state index is -2.90. The summed E-state index contributed by atoms with van der Waals surface area (Å²) in [7, 11) is -2.90. The molecule has 1 saturated heterocycles. The lowest BCUT2D eigenvalue weighted by molar-refractivity contribution is -0.123. The molecule has 1 amide bonds. The Labute approximate surface area is 119 Å². The van der Waals surface area contributed by atoms with Crippen LogP contribution in [0.1, 0.15) is 18.4 Å². The molecule has 110 valence electrons. The van der Waals surface area contributed by atoms with Gasteiger partial charge in [0.05, 0.1) is 17.5 Å². The van der Waals surface area contributed by atoms with Crippen molar-refractivity contribution in [1.29, 1.82) is 0 Å². The second-order valence-electron chi connectivity index (χ2n) is 5.23. The summed E-state index contributed by atoms with van der Waals surface area (Å²) in [4.78, 5) is 12.0. The molecule has 5 nitrogen and oxygen atoms in total. The summed E-state index contributed by atoms with van der Waals surface area (Å²) in [5, 5.41) is 2.85. The predicted octanol–water partition coefficient (Wildman–Crippen LogP) is 0.250. The molecule has 6 heteroatoms. The zero-order valence-electron chi connectivity index (χ0n) is 11.3. The Morgan fingerprint density at radius 1 is 1.25 bits per heavy atom. The molecular weight excluding hydrogens is 276 g/mol. The van der Waals surface area contributed by atoms with Crippen molar-refractivity contribution in [2.75, 3.05) is 11.5 Å². The number of nitrogens with two attached hydrogens (primary N) is 1. The summed E-state index contributed by atoms with van der Waals surface area (Å²) in [6.07, 6.45) is 1.44. The lowest BCUT2D eigenvalue weighted by atomic mass is 10.1. The Morgan fingerprint density at radius 3 is 2.45 bits per heavy atom. The topological polar surface area (TPSA) is 89.3 Å². The lowest BCUT2D eigenvalue weighted by Gasteiger charge is -2.24.